The molecule has 8 heteroatoms. The van der Waals surface area contributed by atoms with Crippen LogP contribution in [0.4, 0.5) is 5.95 Å². The van der Waals surface area contributed by atoms with E-state index < -0.39 is 0 Å². The Balaban J connectivity index is 2.28. The van der Waals surface area contributed by atoms with Crippen LogP contribution in [-0.4, -0.2) is 26.5 Å². The Morgan fingerprint density at radius 1 is 1.35 bits per heavy atom. The zero-order chi connectivity index (χ0) is 12.3. The van der Waals surface area contributed by atoms with Crippen LogP contribution in [0.2, 0.25) is 0 Å². The zero-order valence-corrected chi connectivity index (χ0v) is 9.90. The van der Waals surface area contributed by atoms with Crippen LogP contribution in [0.5, 0.6) is 0 Å². The molecule has 0 amide bonds. The van der Waals surface area contributed by atoms with Crippen molar-refractivity contribution in [1.29, 1.82) is 0 Å². The topological polar surface area (TPSA) is 105 Å². The molecule has 1 aromatic heterocycles. The second-order valence-electron chi connectivity index (χ2n) is 3.56. The van der Waals surface area contributed by atoms with Crippen LogP contribution in [-0.2, 0) is 0 Å². The van der Waals surface area contributed by atoms with Crippen LogP contribution in [0.3, 0.4) is 0 Å². The van der Waals surface area contributed by atoms with Crippen molar-refractivity contribution in [1.82, 2.24) is 20.3 Å². The maximum Gasteiger partial charge on any atom is 0.263 e. The largest absolute Gasteiger partial charge is 0.263 e. The summed E-state index contributed by atoms with van der Waals surface area (Å²) in [4.78, 5) is 3.72. The lowest BCUT2D eigenvalue weighted by atomic mass is 10.1. The Kier molecular flexibility index (Phi) is 6.35. The third-order valence-electron chi connectivity index (χ3n) is 2.20. The molecular weight excluding hydrogens is 220 g/mol. The van der Waals surface area contributed by atoms with Crippen LogP contribution in [0.15, 0.2) is 10.2 Å². The Hall–Kier alpha value is -1.95. The standard InChI is InChI=1S/C9H16N8/c1-2-3-4-5-6-7-8-11-17-9(12-14-10)13-15-16-17/h8H,2-7H2,1H3/b11-8+. The van der Waals surface area contributed by atoms with E-state index in [0.717, 1.165) is 17.6 Å². The first-order chi connectivity index (χ1) is 8.38. The number of aromatic nitrogens is 4. The van der Waals surface area contributed by atoms with E-state index in [1.165, 1.54) is 25.7 Å². The maximum absolute atomic E-state index is 8.25. The van der Waals surface area contributed by atoms with Crippen LogP contribution < -0.4 is 0 Å². The van der Waals surface area contributed by atoms with E-state index in [9.17, 15) is 0 Å². The number of unbranched alkanes of at least 4 members (excludes halogenated alkanes) is 5. The normalized spacial score (nSPS) is 10.6. The van der Waals surface area contributed by atoms with Crippen molar-refractivity contribution in [2.24, 2.45) is 10.2 Å². The Morgan fingerprint density at radius 2 is 2.18 bits per heavy atom. The molecule has 0 atom stereocenters. The van der Waals surface area contributed by atoms with Crippen molar-refractivity contribution in [2.75, 3.05) is 0 Å². The van der Waals surface area contributed by atoms with Gasteiger partial charge in [-0.25, -0.2) is 0 Å². The molecule has 0 spiro atoms. The summed E-state index contributed by atoms with van der Waals surface area (Å²) in [7, 11) is 0. The zero-order valence-electron chi connectivity index (χ0n) is 9.90. The molecule has 0 saturated heterocycles. The molecular formula is C9H16N8. The molecule has 0 unspecified atom stereocenters. The van der Waals surface area contributed by atoms with Crippen molar-refractivity contribution < 1.29 is 0 Å². The van der Waals surface area contributed by atoms with Crippen LogP contribution in [0.1, 0.15) is 45.4 Å². The summed E-state index contributed by atoms with van der Waals surface area (Å²) in [6.45, 7) is 2.19. The monoisotopic (exact) mass is 236 g/mol. The predicted octanol–water partition coefficient (Wildman–Crippen LogP) is 2.81. The van der Waals surface area contributed by atoms with Crippen LogP contribution in [0.25, 0.3) is 10.4 Å². The molecule has 0 N–H and O–H groups in total. The summed E-state index contributed by atoms with van der Waals surface area (Å²) in [6, 6.07) is 0. The lowest BCUT2D eigenvalue weighted by Gasteiger charge is -1.95. The second-order valence-corrected chi connectivity index (χ2v) is 3.56. The van der Waals surface area contributed by atoms with Gasteiger partial charge in [0, 0.05) is 11.1 Å². The molecule has 0 saturated carbocycles. The van der Waals surface area contributed by atoms with Gasteiger partial charge in [-0.15, -0.1) is 9.89 Å². The van der Waals surface area contributed by atoms with Gasteiger partial charge in [0.15, 0.2) is 0 Å². The van der Waals surface area contributed by atoms with Gasteiger partial charge in [0.1, 0.15) is 0 Å². The van der Waals surface area contributed by atoms with Gasteiger partial charge in [0.05, 0.1) is 0 Å². The van der Waals surface area contributed by atoms with E-state index in [0.29, 0.717) is 0 Å². The third kappa shape index (κ3) is 5.07. The van der Waals surface area contributed by atoms with Crippen molar-refractivity contribution in [2.45, 2.75) is 45.4 Å². The van der Waals surface area contributed by atoms with Crippen molar-refractivity contribution >= 4 is 12.2 Å². The SMILES string of the molecule is CCCCCCC/C=N/n1nnnc1N=[N+]=[N-]. The molecule has 0 aromatic carbocycles. The Morgan fingerprint density at radius 3 is 2.94 bits per heavy atom. The van der Waals surface area contributed by atoms with E-state index in [-0.39, 0.29) is 5.95 Å². The Bertz CT molecular complexity index is 389. The summed E-state index contributed by atoms with van der Waals surface area (Å²) in [5, 5.41) is 17.7. The molecule has 0 aliphatic carbocycles. The molecule has 1 aromatic rings. The molecule has 17 heavy (non-hydrogen) atoms. The summed E-state index contributed by atoms with van der Waals surface area (Å²) < 4.78 is 0. The van der Waals surface area contributed by atoms with Gasteiger partial charge in [0.2, 0.25) is 0 Å². The molecule has 0 radical (unpaired) electrons. The van der Waals surface area contributed by atoms with Gasteiger partial charge in [-0.1, -0.05) is 32.6 Å². The maximum atomic E-state index is 8.25. The van der Waals surface area contributed by atoms with Gasteiger partial charge < -0.3 is 0 Å². The summed E-state index contributed by atoms with van der Waals surface area (Å²) >= 11 is 0. The van der Waals surface area contributed by atoms with Gasteiger partial charge in [-0.2, -0.15) is 5.10 Å². The minimum Gasteiger partial charge on any atom is -0.160 e. The van der Waals surface area contributed by atoms with Crippen molar-refractivity contribution in [3.63, 3.8) is 0 Å². The molecule has 92 valence electrons. The first-order valence-electron chi connectivity index (χ1n) is 5.74. The average molecular weight is 236 g/mol. The number of rotatable bonds is 8. The summed E-state index contributed by atoms with van der Waals surface area (Å²) in [5.74, 6) is 0.0507. The number of hydrogen-bond acceptors (Lipinski definition) is 5. The van der Waals surface area contributed by atoms with Gasteiger partial charge >= 0.3 is 0 Å². The molecule has 1 heterocycles. The minimum absolute atomic E-state index is 0.0507. The predicted molar refractivity (Wildman–Crippen MR) is 63.9 cm³/mol. The highest BCUT2D eigenvalue weighted by molar-refractivity contribution is 5.56. The fraction of sp³-hybridized carbons (Fsp3) is 0.778. The lowest BCUT2D eigenvalue weighted by molar-refractivity contribution is 0.641. The second kappa shape index (κ2) is 8.23. The summed E-state index contributed by atoms with van der Waals surface area (Å²) in [6.07, 6.45) is 8.71. The molecule has 8 nitrogen and oxygen atoms in total. The molecule has 1 rings (SSSR count). The van der Waals surface area contributed by atoms with E-state index in [2.05, 4.69) is 37.6 Å². The first kappa shape index (κ1) is 13.1. The average Bonchev–Trinajstić information content (AvgIpc) is 2.76. The van der Waals surface area contributed by atoms with E-state index >= 15 is 0 Å². The number of hydrogen-bond donors (Lipinski definition) is 0. The smallest absolute Gasteiger partial charge is 0.160 e. The van der Waals surface area contributed by atoms with Crippen LogP contribution in [0, 0.1) is 0 Å². The molecule has 0 bridgehead atoms. The van der Waals surface area contributed by atoms with E-state index in [4.69, 9.17) is 5.53 Å². The minimum atomic E-state index is 0.0507. The van der Waals surface area contributed by atoms with Gasteiger partial charge in [-0.05, 0) is 33.9 Å². The van der Waals surface area contributed by atoms with Crippen LogP contribution >= 0.6 is 0 Å². The van der Waals surface area contributed by atoms with E-state index in [1.54, 1.807) is 6.21 Å². The highest BCUT2D eigenvalue weighted by atomic mass is 15.7. The molecule has 0 fully saturated rings. The van der Waals surface area contributed by atoms with Crippen molar-refractivity contribution in [3.05, 3.63) is 10.4 Å². The summed E-state index contributed by atoms with van der Waals surface area (Å²) in [5.41, 5.74) is 8.25. The van der Waals surface area contributed by atoms with Gasteiger partial charge in [-0.3, -0.25) is 0 Å². The number of tetrazole rings is 1. The first-order valence-corrected chi connectivity index (χ1v) is 5.74. The number of azide groups is 1. The van der Waals surface area contributed by atoms with E-state index in [1.807, 2.05) is 0 Å². The fourth-order valence-corrected chi connectivity index (χ4v) is 1.33. The quantitative estimate of drug-likeness (QED) is 0.228. The third-order valence-corrected chi connectivity index (χ3v) is 2.20. The Labute approximate surface area is 99.3 Å². The fourth-order valence-electron chi connectivity index (χ4n) is 1.33. The highest BCUT2D eigenvalue weighted by Crippen LogP contribution is 2.05. The van der Waals surface area contributed by atoms with Crippen molar-refractivity contribution in [3.8, 4) is 0 Å². The number of nitrogens with zero attached hydrogens (tertiary/aromatic N) is 8. The highest BCUT2D eigenvalue weighted by Gasteiger charge is 1.99. The lowest BCUT2D eigenvalue weighted by Crippen LogP contribution is -1.92. The van der Waals surface area contributed by atoms with Gasteiger partial charge in [0.25, 0.3) is 5.95 Å². The molecule has 0 aliphatic rings. The molecule has 0 aliphatic heterocycles.